The number of hydrogen-bond donors (Lipinski definition) is 1. The third-order valence-corrected chi connectivity index (χ3v) is 2.97. The van der Waals surface area contributed by atoms with Crippen molar-refractivity contribution in [3.05, 3.63) is 41.5 Å². The minimum atomic E-state index is 0.674. The first kappa shape index (κ1) is 13.5. The Labute approximate surface area is 113 Å². The first-order chi connectivity index (χ1) is 9.20. The van der Waals surface area contributed by atoms with E-state index in [-0.39, 0.29) is 0 Å². The Hall–Kier alpha value is -1.88. The minimum absolute atomic E-state index is 0.674. The number of anilines is 1. The molecule has 0 spiro atoms. The van der Waals surface area contributed by atoms with Crippen LogP contribution in [0.1, 0.15) is 17.0 Å². The van der Waals surface area contributed by atoms with Crippen molar-refractivity contribution in [1.29, 1.82) is 0 Å². The molecule has 0 atom stereocenters. The molecule has 2 heterocycles. The molecule has 2 aromatic rings. The molecule has 0 radical (unpaired) electrons. The van der Waals surface area contributed by atoms with Crippen LogP contribution >= 0.6 is 0 Å². The summed E-state index contributed by atoms with van der Waals surface area (Å²) >= 11 is 0. The standard InChI is InChI=1S/C14H20N4O/c1-11-5-4-6-15-13(11)9-16-14-17-12(2)10-18(14)7-8-19-3/h4-6,10H,7-9H2,1-3H3,(H,16,17). The molecule has 102 valence electrons. The van der Waals surface area contributed by atoms with Crippen molar-refractivity contribution in [2.45, 2.75) is 26.9 Å². The second-order valence-electron chi connectivity index (χ2n) is 4.51. The van der Waals surface area contributed by atoms with E-state index in [1.807, 2.05) is 25.4 Å². The fourth-order valence-electron chi connectivity index (χ4n) is 1.91. The summed E-state index contributed by atoms with van der Waals surface area (Å²) in [6.07, 6.45) is 3.83. The van der Waals surface area contributed by atoms with Gasteiger partial charge in [-0.05, 0) is 25.5 Å². The van der Waals surface area contributed by atoms with Gasteiger partial charge in [-0.1, -0.05) is 6.07 Å². The van der Waals surface area contributed by atoms with E-state index >= 15 is 0 Å². The molecule has 0 fully saturated rings. The molecule has 0 saturated heterocycles. The minimum Gasteiger partial charge on any atom is -0.383 e. The highest BCUT2D eigenvalue weighted by molar-refractivity contribution is 5.31. The average Bonchev–Trinajstić information content (AvgIpc) is 2.76. The van der Waals surface area contributed by atoms with Gasteiger partial charge in [-0.15, -0.1) is 0 Å². The van der Waals surface area contributed by atoms with Gasteiger partial charge >= 0.3 is 0 Å². The van der Waals surface area contributed by atoms with Gasteiger partial charge in [0.2, 0.25) is 5.95 Å². The molecule has 5 heteroatoms. The van der Waals surface area contributed by atoms with Gasteiger partial charge in [0.05, 0.1) is 24.5 Å². The highest BCUT2D eigenvalue weighted by Gasteiger charge is 2.06. The van der Waals surface area contributed by atoms with Crippen molar-refractivity contribution in [3.8, 4) is 0 Å². The Morgan fingerprint density at radius 3 is 2.95 bits per heavy atom. The van der Waals surface area contributed by atoms with Crippen LogP contribution in [0.3, 0.4) is 0 Å². The number of hydrogen-bond acceptors (Lipinski definition) is 4. The van der Waals surface area contributed by atoms with Gasteiger partial charge in [-0.25, -0.2) is 4.98 Å². The molecule has 0 aromatic carbocycles. The largest absolute Gasteiger partial charge is 0.383 e. The first-order valence-electron chi connectivity index (χ1n) is 6.38. The van der Waals surface area contributed by atoms with Crippen molar-refractivity contribution in [3.63, 3.8) is 0 Å². The maximum atomic E-state index is 5.10. The molecular weight excluding hydrogens is 240 g/mol. The van der Waals surface area contributed by atoms with Crippen LogP contribution in [0.5, 0.6) is 0 Å². The second-order valence-corrected chi connectivity index (χ2v) is 4.51. The second kappa shape index (κ2) is 6.33. The SMILES string of the molecule is COCCn1cc(C)nc1NCc1ncccc1C. The maximum absolute atomic E-state index is 5.10. The predicted octanol–water partition coefficient (Wildman–Crippen LogP) is 2.15. The van der Waals surface area contributed by atoms with Crippen LogP contribution in [-0.2, 0) is 17.8 Å². The summed E-state index contributed by atoms with van der Waals surface area (Å²) in [5.41, 5.74) is 3.22. The number of nitrogens with one attached hydrogen (secondary N) is 1. The zero-order valence-electron chi connectivity index (χ0n) is 11.7. The Bertz CT molecular complexity index is 536. The highest BCUT2D eigenvalue weighted by Crippen LogP contribution is 2.11. The number of nitrogens with zero attached hydrogens (tertiary/aromatic N) is 3. The van der Waals surface area contributed by atoms with Crippen LogP contribution in [0, 0.1) is 13.8 Å². The van der Waals surface area contributed by atoms with Crippen LogP contribution in [0.25, 0.3) is 0 Å². The zero-order valence-corrected chi connectivity index (χ0v) is 11.7. The quantitative estimate of drug-likeness (QED) is 0.864. The van der Waals surface area contributed by atoms with Crippen molar-refractivity contribution < 1.29 is 4.74 Å². The Balaban J connectivity index is 2.05. The average molecular weight is 260 g/mol. The smallest absolute Gasteiger partial charge is 0.203 e. The molecule has 2 aromatic heterocycles. The first-order valence-corrected chi connectivity index (χ1v) is 6.38. The lowest BCUT2D eigenvalue weighted by atomic mass is 10.2. The van der Waals surface area contributed by atoms with Gasteiger partial charge < -0.3 is 14.6 Å². The number of ether oxygens (including phenoxy) is 1. The van der Waals surface area contributed by atoms with E-state index in [0.717, 1.165) is 23.9 Å². The van der Waals surface area contributed by atoms with E-state index in [0.29, 0.717) is 13.2 Å². The van der Waals surface area contributed by atoms with Gasteiger partial charge in [-0.3, -0.25) is 4.98 Å². The molecule has 0 bridgehead atoms. The third kappa shape index (κ3) is 3.54. The lowest BCUT2D eigenvalue weighted by Gasteiger charge is -2.10. The van der Waals surface area contributed by atoms with Crippen LogP contribution in [0.2, 0.25) is 0 Å². The summed E-state index contributed by atoms with van der Waals surface area (Å²) in [6, 6.07) is 4.01. The molecule has 0 aliphatic rings. The number of rotatable bonds is 6. The summed E-state index contributed by atoms with van der Waals surface area (Å²) in [6.45, 7) is 6.19. The molecule has 19 heavy (non-hydrogen) atoms. The Morgan fingerprint density at radius 1 is 1.37 bits per heavy atom. The summed E-state index contributed by atoms with van der Waals surface area (Å²) < 4.78 is 7.17. The number of methoxy groups -OCH3 is 1. The molecule has 0 aliphatic heterocycles. The van der Waals surface area contributed by atoms with Crippen molar-refractivity contribution >= 4 is 5.95 Å². The third-order valence-electron chi connectivity index (χ3n) is 2.97. The summed E-state index contributed by atoms with van der Waals surface area (Å²) in [4.78, 5) is 8.84. The number of imidazole rings is 1. The van der Waals surface area contributed by atoms with Gasteiger partial charge in [0.15, 0.2) is 0 Å². The maximum Gasteiger partial charge on any atom is 0.203 e. The molecule has 0 unspecified atom stereocenters. The fourth-order valence-corrected chi connectivity index (χ4v) is 1.91. The zero-order chi connectivity index (χ0) is 13.7. The van der Waals surface area contributed by atoms with E-state index in [4.69, 9.17) is 4.74 Å². The molecule has 5 nitrogen and oxygen atoms in total. The molecule has 2 rings (SSSR count). The van der Waals surface area contributed by atoms with Crippen molar-refractivity contribution in [1.82, 2.24) is 14.5 Å². The lowest BCUT2D eigenvalue weighted by Crippen LogP contribution is -2.11. The lowest BCUT2D eigenvalue weighted by molar-refractivity contribution is 0.187. The van der Waals surface area contributed by atoms with E-state index in [1.54, 1.807) is 7.11 Å². The van der Waals surface area contributed by atoms with E-state index < -0.39 is 0 Å². The summed E-state index contributed by atoms with van der Waals surface area (Å²) in [5, 5.41) is 3.33. The van der Waals surface area contributed by atoms with Crippen LogP contribution in [-0.4, -0.2) is 28.3 Å². The highest BCUT2D eigenvalue weighted by atomic mass is 16.5. The fraction of sp³-hybridized carbons (Fsp3) is 0.429. The van der Waals surface area contributed by atoms with E-state index in [2.05, 4.69) is 32.8 Å². The van der Waals surface area contributed by atoms with Gasteiger partial charge in [0, 0.05) is 26.0 Å². The number of pyridine rings is 1. The van der Waals surface area contributed by atoms with Gasteiger partial charge in [-0.2, -0.15) is 0 Å². The molecular formula is C14H20N4O. The Morgan fingerprint density at radius 2 is 2.21 bits per heavy atom. The molecule has 0 amide bonds. The van der Waals surface area contributed by atoms with Crippen molar-refractivity contribution in [2.24, 2.45) is 0 Å². The monoisotopic (exact) mass is 260 g/mol. The van der Waals surface area contributed by atoms with Gasteiger partial charge in [0.1, 0.15) is 0 Å². The molecule has 0 aliphatic carbocycles. The van der Waals surface area contributed by atoms with Crippen LogP contribution < -0.4 is 5.32 Å². The van der Waals surface area contributed by atoms with Crippen molar-refractivity contribution in [2.75, 3.05) is 19.0 Å². The summed E-state index contributed by atoms with van der Waals surface area (Å²) in [7, 11) is 1.70. The Kier molecular flexibility index (Phi) is 4.52. The van der Waals surface area contributed by atoms with Crippen LogP contribution in [0.4, 0.5) is 5.95 Å². The van der Waals surface area contributed by atoms with E-state index in [9.17, 15) is 0 Å². The molecule has 0 saturated carbocycles. The van der Waals surface area contributed by atoms with E-state index in [1.165, 1.54) is 5.56 Å². The normalized spacial score (nSPS) is 10.7. The molecule has 1 N–H and O–H groups in total. The van der Waals surface area contributed by atoms with Crippen LogP contribution in [0.15, 0.2) is 24.5 Å². The topological polar surface area (TPSA) is 52.0 Å². The number of aryl methyl sites for hydroxylation is 2. The summed E-state index contributed by atoms with van der Waals surface area (Å²) in [5.74, 6) is 0.861. The predicted molar refractivity (Wildman–Crippen MR) is 75.1 cm³/mol. The number of aromatic nitrogens is 3. The van der Waals surface area contributed by atoms with Gasteiger partial charge in [0.25, 0.3) is 0 Å².